The molecule has 1 saturated carbocycles. The van der Waals surface area contributed by atoms with Gasteiger partial charge in [-0.25, -0.2) is 12.8 Å². The van der Waals surface area contributed by atoms with E-state index in [4.69, 9.17) is 4.74 Å². The average molecular weight is 534 g/mol. The smallest absolute Gasteiger partial charge is 0.258 e. The Labute approximate surface area is 216 Å². The number of anilines is 1. The summed E-state index contributed by atoms with van der Waals surface area (Å²) >= 11 is 0. The molecule has 200 valence electrons. The number of aliphatic hydroxyl groups excluding tert-OH is 1. The molecule has 37 heavy (non-hydrogen) atoms. The van der Waals surface area contributed by atoms with Gasteiger partial charge in [0.15, 0.2) is 0 Å². The molecule has 1 aliphatic heterocycles. The quantitative estimate of drug-likeness (QED) is 0.539. The van der Waals surface area contributed by atoms with Crippen LogP contribution in [0.2, 0.25) is 0 Å². The maximum absolute atomic E-state index is 13.5. The fourth-order valence-electron chi connectivity index (χ4n) is 4.25. The van der Waals surface area contributed by atoms with Gasteiger partial charge in [-0.3, -0.25) is 9.59 Å². The fourth-order valence-corrected chi connectivity index (χ4v) is 5.43. The van der Waals surface area contributed by atoms with Gasteiger partial charge in [0.1, 0.15) is 17.7 Å². The molecule has 0 saturated heterocycles. The van der Waals surface area contributed by atoms with Gasteiger partial charge in [-0.15, -0.1) is 0 Å². The highest BCUT2D eigenvalue weighted by molar-refractivity contribution is 7.89. The van der Waals surface area contributed by atoms with Crippen LogP contribution in [0.25, 0.3) is 0 Å². The molecule has 0 radical (unpaired) electrons. The Morgan fingerprint density at radius 3 is 2.54 bits per heavy atom. The van der Waals surface area contributed by atoms with E-state index in [-0.39, 0.29) is 59.6 Å². The lowest BCUT2D eigenvalue weighted by atomic mass is 9.99. The highest BCUT2D eigenvalue weighted by Gasteiger charge is 2.36. The fraction of sp³-hybridized carbons (Fsp3) is 0.462. The van der Waals surface area contributed by atoms with Crippen LogP contribution in [0.4, 0.5) is 10.1 Å². The SMILES string of the molecule is C[C@@H]1CN([C@@H](C)CO)C(=O)c2cc(NC(=O)C3CC3)ccc2O[C@@H]1CN(C)S(=O)(=O)c1ccc(F)cc1. The molecular formula is C26H32FN3O6S. The van der Waals surface area contributed by atoms with Crippen molar-refractivity contribution in [1.82, 2.24) is 9.21 Å². The summed E-state index contributed by atoms with van der Waals surface area (Å²) in [5.41, 5.74) is 0.681. The topological polar surface area (TPSA) is 116 Å². The number of hydrogen-bond donors (Lipinski definition) is 2. The van der Waals surface area contributed by atoms with Crippen molar-refractivity contribution in [1.29, 1.82) is 0 Å². The van der Waals surface area contributed by atoms with Gasteiger partial charge in [0.25, 0.3) is 5.91 Å². The molecule has 0 unspecified atom stereocenters. The maximum atomic E-state index is 13.5. The zero-order valence-electron chi connectivity index (χ0n) is 21.1. The lowest BCUT2D eigenvalue weighted by Crippen LogP contribution is -2.50. The van der Waals surface area contributed by atoms with Crippen LogP contribution in [0.3, 0.4) is 0 Å². The van der Waals surface area contributed by atoms with E-state index in [9.17, 15) is 27.5 Å². The minimum absolute atomic E-state index is 0.0105. The monoisotopic (exact) mass is 533 g/mol. The second kappa shape index (κ2) is 10.8. The third-order valence-electron chi connectivity index (χ3n) is 6.84. The van der Waals surface area contributed by atoms with Crippen LogP contribution < -0.4 is 10.1 Å². The number of nitrogens with zero attached hydrogens (tertiary/aromatic N) is 2. The molecule has 4 rings (SSSR count). The van der Waals surface area contributed by atoms with E-state index in [2.05, 4.69) is 5.32 Å². The number of fused-ring (bicyclic) bond motifs is 1. The van der Waals surface area contributed by atoms with E-state index in [0.717, 1.165) is 29.3 Å². The molecule has 1 fully saturated rings. The number of carbonyl (C=O) groups excluding carboxylic acids is 2. The summed E-state index contributed by atoms with van der Waals surface area (Å²) in [5.74, 6) is -1.04. The minimum atomic E-state index is -3.93. The van der Waals surface area contributed by atoms with Gasteiger partial charge in [0.05, 0.1) is 29.7 Å². The minimum Gasteiger partial charge on any atom is -0.488 e. The van der Waals surface area contributed by atoms with E-state index in [1.807, 2.05) is 6.92 Å². The Morgan fingerprint density at radius 1 is 1.24 bits per heavy atom. The van der Waals surface area contributed by atoms with Gasteiger partial charge in [-0.1, -0.05) is 6.92 Å². The number of sulfonamides is 1. The molecule has 2 aromatic rings. The zero-order chi connectivity index (χ0) is 26.9. The van der Waals surface area contributed by atoms with Crippen LogP contribution in [0.1, 0.15) is 37.0 Å². The molecule has 0 aromatic heterocycles. The summed E-state index contributed by atoms with van der Waals surface area (Å²) in [6.45, 7) is 3.51. The molecular weight excluding hydrogens is 501 g/mol. The molecule has 1 heterocycles. The van der Waals surface area contributed by atoms with Crippen molar-refractivity contribution in [2.75, 3.05) is 32.1 Å². The number of amides is 2. The van der Waals surface area contributed by atoms with Gasteiger partial charge in [0, 0.05) is 31.1 Å². The van der Waals surface area contributed by atoms with Crippen LogP contribution in [-0.2, 0) is 14.8 Å². The first-order chi connectivity index (χ1) is 17.5. The largest absolute Gasteiger partial charge is 0.488 e. The summed E-state index contributed by atoms with van der Waals surface area (Å²) in [6.07, 6.45) is 1.04. The molecule has 1 aliphatic carbocycles. The van der Waals surface area contributed by atoms with Crippen molar-refractivity contribution in [3.05, 3.63) is 53.8 Å². The first kappa shape index (κ1) is 27.0. The molecule has 9 nitrogen and oxygen atoms in total. The molecule has 0 spiro atoms. The summed E-state index contributed by atoms with van der Waals surface area (Å²) in [7, 11) is -2.51. The first-order valence-electron chi connectivity index (χ1n) is 12.3. The van der Waals surface area contributed by atoms with E-state index in [1.165, 1.54) is 19.2 Å². The summed E-state index contributed by atoms with van der Waals surface area (Å²) < 4.78 is 46.9. The second-order valence-corrected chi connectivity index (χ2v) is 11.9. The molecule has 2 aliphatic rings. The van der Waals surface area contributed by atoms with Crippen molar-refractivity contribution in [2.24, 2.45) is 11.8 Å². The highest BCUT2D eigenvalue weighted by atomic mass is 32.2. The van der Waals surface area contributed by atoms with Crippen LogP contribution in [0.15, 0.2) is 47.4 Å². The Morgan fingerprint density at radius 2 is 1.92 bits per heavy atom. The summed E-state index contributed by atoms with van der Waals surface area (Å²) in [6, 6.07) is 8.90. The molecule has 0 bridgehead atoms. The van der Waals surface area contributed by atoms with Crippen molar-refractivity contribution in [3.63, 3.8) is 0 Å². The number of likely N-dealkylation sites (N-methyl/N-ethyl adjacent to an activating group) is 1. The van der Waals surface area contributed by atoms with E-state index in [1.54, 1.807) is 30.0 Å². The zero-order valence-corrected chi connectivity index (χ0v) is 21.9. The second-order valence-electron chi connectivity index (χ2n) is 9.84. The van der Waals surface area contributed by atoms with E-state index >= 15 is 0 Å². The number of carbonyl (C=O) groups is 2. The number of halogens is 1. The molecule has 2 amide bonds. The van der Waals surface area contributed by atoms with Gasteiger partial charge in [-0.05, 0) is 62.2 Å². The van der Waals surface area contributed by atoms with Crippen molar-refractivity contribution in [2.45, 2.75) is 43.7 Å². The van der Waals surface area contributed by atoms with E-state index < -0.39 is 28.0 Å². The number of rotatable bonds is 8. The Balaban J connectivity index is 1.64. The Bertz CT molecular complexity index is 1270. The molecule has 3 atom stereocenters. The number of ether oxygens (including phenoxy) is 1. The van der Waals surface area contributed by atoms with Gasteiger partial charge < -0.3 is 20.1 Å². The predicted molar refractivity (Wildman–Crippen MR) is 135 cm³/mol. The van der Waals surface area contributed by atoms with Crippen molar-refractivity contribution < 1.29 is 32.2 Å². The number of aliphatic hydroxyl groups is 1. The molecule has 2 N–H and O–H groups in total. The Kier molecular flexibility index (Phi) is 7.86. The van der Waals surface area contributed by atoms with Crippen LogP contribution in [0.5, 0.6) is 5.75 Å². The maximum Gasteiger partial charge on any atom is 0.258 e. The molecule has 2 aromatic carbocycles. The lowest BCUT2D eigenvalue weighted by Gasteiger charge is -2.38. The number of hydrogen-bond acceptors (Lipinski definition) is 6. The highest BCUT2D eigenvalue weighted by Crippen LogP contribution is 2.33. The van der Waals surface area contributed by atoms with Crippen LogP contribution in [0, 0.1) is 17.7 Å². The standard InChI is InChI=1S/C26H32FN3O6S/c1-16-13-30(17(2)15-31)26(33)22-12-20(28-25(32)18-4-5-18)8-11-23(22)36-24(16)14-29(3)37(34,35)21-9-6-19(27)7-10-21/h6-12,16-18,24,31H,4-5,13-15H2,1-3H3,(H,28,32)/t16-,17+,24-/m1/s1. The predicted octanol–water partition coefficient (Wildman–Crippen LogP) is 2.72. The van der Waals surface area contributed by atoms with Gasteiger partial charge in [0.2, 0.25) is 15.9 Å². The van der Waals surface area contributed by atoms with Crippen LogP contribution >= 0.6 is 0 Å². The first-order valence-corrected chi connectivity index (χ1v) is 13.7. The average Bonchev–Trinajstić information content (AvgIpc) is 3.72. The third-order valence-corrected chi connectivity index (χ3v) is 8.68. The van der Waals surface area contributed by atoms with E-state index in [0.29, 0.717) is 5.69 Å². The Hall–Kier alpha value is -3.02. The summed E-state index contributed by atoms with van der Waals surface area (Å²) in [5, 5.41) is 12.6. The van der Waals surface area contributed by atoms with Gasteiger partial charge >= 0.3 is 0 Å². The molecule has 11 heteroatoms. The number of nitrogens with one attached hydrogen (secondary N) is 1. The van der Waals surface area contributed by atoms with Crippen molar-refractivity contribution in [3.8, 4) is 5.75 Å². The normalized spacial score (nSPS) is 21.0. The number of benzene rings is 2. The van der Waals surface area contributed by atoms with Crippen LogP contribution in [-0.4, -0.2) is 73.4 Å². The third kappa shape index (κ3) is 5.94. The van der Waals surface area contributed by atoms with Crippen molar-refractivity contribution >= 4 is 27.5 Å². The lowest BCUT2D eigenvalue weighted by molar-refractivity contribution is -0.117. The summed E-state index contributed by atoms with van der Waals surface area (Å²) in [4.78, 5) is 27.3. The van der Waals surface area contributed by atoms with Gasteiger partial charge in [-0.2, -0.15) is 4.31 Å².